The molecule has 1 N–H and O–H groups in total. The lowest BCUT2D eigenvalue weighted by atomic mass is 9.83. The molecule has 0 aromatic carbocycles. The van der Waals surface area contributed by atoms with Crippen LogP contribution in [0, 0.1) is 22.7 Å². The average Bonchev–Trinajstić information content (AvgIpc) is 3.48. The zero-order chi connectivity index (χ0) is 20.7. The van der Waals surface area contributed by atoms with Crippen molar-refractivity contribution < 1.29 is 9.53 Å². The minimum absolute atomic E-state index is 0.0721. The Morgan fingerprint density at radius 1 is 1.23 bits per heavy atom. The van der Waals surface area contributed by atoms with E-state index in [1.54, 1.807) is 11.1 Å². The lowest BCUT2D eigenvalue weighted by molar-refractivity contribution is -0.123. The molecule has 9 nitrogen and oxygen atoms in total. The van der Waals surface area contributed by atoms with Gasteiger partial charge in [0.05, 0.1) is 19.3 Å². The van der Waals surface area contributed by atoms with E-state index >= 15 is 0 Å². The van der Waals surface area contributed by atoms with Crippen LogP contribution in [0.3, 0.4) is 0 Å². The van der Waals surface area contributed by atoms with Crippen molar-refractivity contribution in [2.24, 2.45) is 18.4 Å². The largest absolute Gasteiger partial charge is 0.378 e. The number of nitriles is 1. The van der Waals surface area contributed by atoms with Gasteiger partial charge in [0, 0.05) is 50.7 Å². The van der Waals surface area contributed by atoms with E-state index in [9.17, 15) is 10.1 Å². The van der Waals surface area contributed by atoms with Crippen LogP contribution in [0.25, 0.3) is 0 Å². The molecule has 9 heteroatoms. The Balaban J connectivity index is 1.34. The summed E-state index contributed by atoms with van der Waals surface area (Å²) < 4.78 is 7.27. The molecule has 1 saturated carbocycles. The van der Waals surface area contributed by atoms with Crippen LogP contribution in [0.5, 0.6) is 0 Å². The maximum Gasteiger partial charge on any atom is 0.247 e. The van der Waals surface area contributed by atoms with E-state index in [-0.39, 0.29) is 11.8 Å². The minimum atomic E-state index is -0.842. The number of aromatic nitrogens is 3. The van der Waals surface area contributed by atoms with Crippen molar-refractivity contribution in [3.05, 3.63) is 24.4 Å². The first-order valence-corrected chi connectivity index (χ1v) is 10.4. The number of hydrogen-bond donors (Lipinski definition) is 1. The van der Waals surface area contributed by atoms with Gasteiger partial charge in [0.25, 0.3) is 0 Å². The first kappa shape index (κ1) is 18.9. The number of nitrogens with one attached hydrogen (secondary N) is 1. The van der Waals surface area contributed by atoms with Crippen LogP contribution in [-0.4, -0.2) is 53.5 Å². The van der Waals surface area contributed by atoms with E-state index in [4.69, 9.17) is 4.74 Å². The molecule has 0 radical (unpaired) electrons. The normalized spacial score (nSPS) is 24.2. The van der Waals surface area contributed by atoms with E-state index in [1.807, 2.05) is 29.9 Å². The maximum absolute atomic E-state index is 13.1. The van der Waals surface area contributed by atoms with Crippen molar-refractivity contribution in [3.8, 4) is 6.07 Å². The number of hydrogen-bond acceptors (Lipinski definition) is 7. The molecule has 2 aromatic rings. The predicted octanol–water partition coefficient (Wildman–Crippen LogP) is 2.05. The number of amides is 1. The Hall–Kier alpha value is -3.12. The minimum Gasteiger partial charge on any atom is -0.378 e. The lowest BCUT2D eigenvalue weighted by Crippen LogP contribution is -2.37. The van der Waals surface area contributed by atoms with Crippen LogP contribution in [0.15, 0.2) is 24.4 Å². The van der Waals surface area contributed by atoms with E-state index in [0.717, 1.165) is 37.4 Å². The van der Waals surface area contributed by atoms with Crippen LogP contribution in [0.2, 0.25) is 0 Å². The standard InChI is InChI=1S/C21H25N7O2/c1-26-19(27-8-10-30-11-9-27)13-18(25-26)24-17-12-16(4-6-23-17)28-7-5-21(14-22,20(28)29)15-2-3-15/h4,6,12-13,15H,2-3,5,7-11H2,1H3,(H,23,24,25)/t21-/m1/s1. The van der Waals surface area contributed by atoms with Crippen molar-refractivity contribution >= 4 is 29.0 Å². The second kappa shape index (κ2) is 7.29. The summed E-state index contributed by atoms with van der Waals surface area (Å²) in [6.07, 6.45) is 4.23. The molecule has 0 bridgehead atoms. The molecule has 2 aliphatic heterocycles. The number of carbonyl (C=O) groups excluding carboxylic acids is 1. The number of nitrogens with zero attached hydrogens (tertiary/aromatic N) is 6. The second-order valence-electron chi connectivity index (χ2n) is 8.20. The Kier molecular flexibility index (Phi) is 4.59. The van der Waals surface area contributed by atoms with Gasteiger partial charge in [-0.2, -0.15) is 10.4 Å². The van der Waals surface area contributed by atoms with Gasteiger partial charge in [-0.05, 0) is 31.2 Å². The van der Waals surface area contributed by atoms with E-state index in [0.29, 0.717) is 37.8 Å². The zero-order valence-corrected chi connectivity index (χ0v) is 17.0. The highest BCUT2D eigenvalue weighted by atomic mass is 16.5. The van der Waals surface area contributed by atoms with Crippen LogP contribution in [-0.2, 0) is 16.6 Å². The molecule has 5 rings (SSSR count). The van der Waals surface area contributed by atoms with Gasteiger partial charge < -0.3 is 19.9 Å². The quantitative estimate of drug-likeness (QED) is 0.810. The fourth-order valence-electron chi connectivity index (χ4n) is 4.53. The molecule has 2 aromatic heterocycles. The van der Waals surface area contributed by atoms with Crippen LogP contribution >= 0.6 is 0 Å². The van der Waals surface area contributed by atoms with E-state index in [1.165, 1.54) is 0 Å². The molecule has 3 aliphatic rings. The van der Waals surface area contributed by atoms with Gasteiger partial charge >= 0.3 is 0 Å². The highest BCUT2D eigenvalue weighted by Crippen LogP contribution is 2.51. The van der Waals surface area contributed by atoms with Gasteiger partial charge in [-0.15, -0.1) is 0 Å². The number of ether oxygens (including phenoxy) is 1. The summed E-state index contributed by atoms with van der Waals surface area (Å²) in [5.74, 6) is 2.48. The smallest absolute Gasteiger partial charge is 0.247 e. The zero-order valence-electron chi connectivity index (χ0n) is 17.0. The number of rotatable bonds is 5. The van der Waals surface area contributed by atoms with Crippen molar-refractivity contribution in [3.63, 3.8) is 0 Å². The lowest BCUT2D eigenvalue weighted by Gasteiger charge is -2.28. The molecule has 4 heterocycles. The van der Waals surface area contributed by atoms with E-state index in [2.05, 4.69) is 26.4 Å². The molecular formula is C21H25N7O2. The van der Waals surface area contributed by atoms with Gasteiger partial charge in [-0.25, -0.2) is 4.98 Å². The van der Waals surface area contributed by atoms with Crippen molar-refractivity contribution in [1.29, 1.82) is 5.26 Å². The van der Waals surface area contributed by atoms with Gasteiger partial charge in [-0.1, -0.05) is 0 Å². The number of pyridine rings is 1. The first-order valence-electron chi connectivity index (χ1n) is 10.4. The molecule has 3 fully saturated rings. The van der Waals surface area contributed by atoms with Crippen LogP contribution in [0.1, 0.15) is 19.3 Å². The van der Waals surface area contributed by atoms with Gasteiger partial charge in [0.15, 0.2) is 5.82 Å². The Bertz CT molecular complexity index is 1000. The summed E-state index contributed by atoms with van der Waals surface area (Å²) in [4.78, 5) is 21.4. The number of anilines is 4. The van der Waals surface area contributed by atoms with Crippen molar-refractivity contribution in [2.75, 3.05) is 48.0 Å². The molecule has 1 amide bonds. The summed E-state index contributed by atoms with van der Waals surface area (Å²) in [6.45, 7) is 3.67. The molecule has 0 spiro atoms. The SMILES string of the molecule is Cn1nc(Nc2cc(N3CC[C@@](C#N)(C4CC4)C3=O)ccn2)cc1N1CCOCC1. The molecular weight excluding hydrogens is 382 g/mol. The van der Waals surface area contributed by atoms with Gasteiger partial charge in [0.2, 0.25) is 5.91 Å². The van der Waals surface area contributed by atoms with E-state index < -0.39 is 5.41 Å². The molecule has 30 heavy (non-hydrogen) atoms. The number of carbonyl (C=O) groups is 1. The third-order valence-electron chi connectivity index (χ3n) is 6.33. The average molecular weight is 407 g/mol. The van der Waals surface area contributed by atoms with Crippen molar-refractivity contribution in [2.45, 2.75) is 19.3 Å². The molecule has 0 unspecified atom stereocenters. The first-order chi connectivity index (χ1) is 14.6. The topological polar surface area (TPSA) is 99.3 Å². The second-order valence-corrected chi connectivity index (χ2v) is 8.20. The number of morpholine rings is 1. The molecule has 156 valence electrons. The maximum atomic E-state index is 13.1. The summed E-state index contributed by atoms with van der Waals surface area (Å²) in [5, 5.41) is 17.5. The fourth-order valence-corrected chi connectivity index (χ4v) is 4.53. The van der Waals surface area contributed by atoms with Gasteiger partial charge in [-0.3, -0.25) is 9.48 Å². The third kappa shape index (κ3) is 3.17. The van der Waals surface area contributed by atoms with Crippen molar-refractivity contribution in [1.82, 2.24) is 14.8 Å². The van der Waals surface area contributed by atoms with Crippen LogP contribution in [0.4, 0.5) is 23.1 Å². The monoisotopic (exact) mass is 407 g/mol. The molecule has 1 aliphatic carbocycles. The number of aryl methyl sites for hydroxylation is 1. The summed E-state index contributed by atoms with van der Waals surface area (Å²) in [7, 11) is 1.92. The molecule has 2 saturated heterocycles. The summed E-state index contributed by atoms with van der Waals surface area (Å²) in [5.41, 5.74) is -0.0788. The summed E-state index contributed by atoms with van der Waals surface area (Å²) >= 11 is 0. The predicted molar refractivity (Wildman–Crippen MR) is 111 cm³/mol. The van der Waals surface area contributed by atoms with Crippen LogP contribution < -0.4 is 15.1 Å². The summed E-state index contributed by atoms with van der Waals surface area (Å²) in [6, 6.07) is 8.00. The Morgan fingerprint density at radius 3 is 2.77 bits per heavy atom. The Labute approximate surface area is 175 Å². The van der Waals surface area contributed by atoms with Gasteiger partial charge in [0.1, 0.15) is 17.1 Å². The Morgan fingerprint density at radius 2 is 2.03 bits per heavy atom. The highest BCUT2D eigenvalue weighted by Gasteiger charge is 2.56. The fraction of sp³-hybridized carbons (Fsp3) is 0.524. The third-order valence-corrected chi connectivity index (χ3v) is 6.33. The molecule has 1 atom stereocenters. The highest BCUT2D eigenvalue weighted by molar-refractivity contribution is 6.02.